The first-order valence-corrected chi connectivity index (χ1v) is 10.1. The van der Waals surface area contributed by atoms with E-state index in [1.807, 2.05) is 53.7 Å². The van der Waals surface area contributed by atoms with E-state index in [0.29, 0.717) is 5.56 Å². The maximum atomic E-state index is 12.3. The molecule has 2 aromatic carbocycles. The van der Waals surface area contributed by atoms with Crippen LogP contribution in [0.4, 0.5) is 5.69 Å². The predicted molar refractivity (Wildman–Crippen MR) is 120 cm³/mol. The number of rotatable bonds is 4. The van der Waals surface area contributed by atoms with Gasteiger partial charge in [0.1, 0.15) is 0 Å². The summed E-state index contributed by atoms with van der Waals surface area (Å²) in [6.07, 6.45) is 13.3. The fourth-order valence-electron chi connectivity index (χ4n) is 4.41. The van der Waals surface area contributed by atoms with E-state index in [9.17, 15) is 4.79 Å². The lowest BCUT2D eigenvalue weighted by molar-refractivity contribution is 0.100. The van der Waals surface area contributed by atoms with Crippen molar-refractivity contribution < 1.29 is 4.79 Å². The van der Waals surface area contributed by atoms with Gasteiger partial charge in [0.25, 0.3) is 5.91 Å². The van der Waals surface area contributed by atoms with Gasteiger partial charge < -0.3 is 10.6 Å². The highest BCUT2D eigenvalue weighted by Crippen LogP contribution is 2.43. The molecule has 0 saturated carbocycles. The Bertz CT molecular complexity index is 1230. The zero-order valence-electron chi connectivity index (χ0n) is 16.7. The number of nitrogens with one attached hydrogen (secondary N) is 1. The molecule has 0 fully saturated rings. The fraction of sp³-hybridized carbons (Fsp3) is 0.120. The molecule has 1 aliphatic heterocycles. The molecule has 5 nitrogen and oxygen atoms in total. The summed E-state index contributed by atoms with van der Waals surface area (Å²) in [5.74, 6) is -0.440. The van der Waals surface area contributed by atoms with Crippen molar-refractivity contribution in [1.29, 1.82) is 0 Å². The van der Waals surface area contributed by atoms with E-state index in [0.717, 1.165) is 41.0 Å². The average Bonchev–Trinajstić information content (AvgIpc) is 3.20. The molecule has 5 heteroatoms. The Morgan fingerprint density at radius 2 is 1.83 bits per heavy atom. The summed E-state index contributed by atoms with van der Waals surface area (Å²) in [5, 5.41) is 7.93. The number of aromatic amines is 1. The zero-order valence-corrected chi connectivity index (χ0v) is 16.7. The molecule has 3 N–H and O–H groups in total. The maximum Gasteiger partial charge on any atom is 0.250 e. The summed E-state index contributed by atoms with van der Waals surface area (Å²) >= 11 is 0. The van der Waals surface area contributed by atoms with Gasteiger partial charge in [-0.2, -0.15) is 5.10 Å². The quantitative estimate of drug-likeness (QED) is 0.526. The Labute approximate surface area is 175 Å². The van der Waals surface area contributed by atoms with Gasteiger partial charge in [-0.25, -0.2) is 0 Å². The monoisotopic (exact) mass is 394 g/mol. The highest BCUT2D eigenvalue weighted by Gasteiger charge is 2.27. The van der Waals surface area contributed by atoms with Crippen LogP contribution in [0.1, 0.15) is 34.0 Å². The number of amides is 1. The summed E-state index contributed by atoms with van der Waals surface area (Å²) in [4.78, 5) is 14.2. The van der Waals surface area contributed by atoms with Gasteiger partial charge in [0.2, 0.25) is 0 Å². The molecular weight excluding hydrogens is 372 g/mol. The van der Waals surface area contributed by atoms with Crippen molar-refractivity contribution in [2.45, 2.75) is 19.8 Å². The number of nitrogens with two attached hydrogens (primary N) is 1. The smallest absolute Gasteiger partial charge is 0.250 e. The Morgan fingerprint density at radius 1 is 1.07 bits per heavy atom. The molecule has 0 spiro atoms. The Morgan fingerprint density at radius 3 is 2.57 bits per heavy atom. The summed E-state index contributed by atoms with van der Waals surface area (Å²) in [7, 11) is 0. The first kappa shape index (κ1) is 18.2. The van der Waals surface area contributed by atoms with Crippen molar-refractivity contribution in [3.8, 4) is 22.5 Å². The third kappa shape index (κ3) is 2.78. The van der Waals surface area contributed by atoms with Crippen LogP contribution in [-0.4, -0.2) is 16.1 Å². The van der Waals surface area contributed by atoms with Crippen LogP contribution in [0.15, 0.2) is 73.1 Å². The molecule has 5 rings (SSSR count). The van der Waals surface area contributed by atoms with E-state index in [4.69, 9.17) is 5.73 Å². The SMILES string of the molecule is CCc1c(-c2n[nH]c3c2Cc2ccccc2-3)ccc(C(N)=O)c1N1C=CC=CC=C1. The normalized spacial score (nSPS) is 14.0. The molecular formula is C25H22N4O. The number of benzene rings is 2. The molecule has 1 aliphatic carbocycles. The molecule has 2 heterocycles. The predicted octanol–water partition coefficient (Wildman–Crippen LogP) is 4.71. The summed E-state index contributed by atoms with van der Waals surface area (Å²) < 4.78 is 0. The molecule has 0 bridgehead atoms. The highest BCUT2D eigenvalue weighted by molar-refractivity contribution is 6.01. The van der Waals surface area contributed by atoms with E-state index in [-0.39, 0.29) is 0 Å². The first-order valence-electron chi connectivity index (χ1n) is 10.1. The summed E-state index contributed by atoms with van der Waals surface area (Å²) in [6, 6.07) is 12.2. The molecule has 0 radical (unpaired) electrons. The van der Waals surface area contributed by atoms with Crippen LogP contribution in [0.5, 0.6) is 0 Å². The maximum absolute atomic E-state index is 12.3. The molecule has 148 valence electrons. The third-order valence-electron chi connectivity index (χ3n) is 5.76. The number of primary amides is 1. The Kier molecular flexibility index (Phi) is 4.36. The van der Waals surface area contributed by atoms with Crippen LogP contribution in [0.3, 0.4) is 0 Å². The molecule has 3 aromatic rings. The van der Waals surface area contributed by atoms with E-state index in [1.54, 1.807) is 0 Å². The van der Waals surface area contributed by atoms with Gasteiger partial charge in [0.15, 0.2) is 0 Å². The van der Waals surface area contributed by atoms with Gasteiger partial charge in [-0.05, 0) is 35.8 Å². The van der Waals surface area contributed by atoms with Crippen LogP contribution >= 0.6 is 0 Å². The second kappa shape index (κ2) is 7.19. The highest BCUT2D eigenvalue weighted by atomic mass is 16.1. The van der Waals surface area contributed by atoms with Gasteiger partial charge >= 0.3 is 0 Å². The van der Waals surface area contributed by atoms with E-state index >= 15 is 0 Å². The van der Waals surface area contributed by atoms with Gasteiger partial charge in [-0.1, -0.05) is 49.4 Å². The second-order valence-electron chi connectivity index (χ2n) is 7.44. The lowest BCUT2D eigenvalue weighted by Gasteiger charge is -2.23. The average molecular weight is 394 g/mol. The molecule has 1 aromatic heterocycles. The minimum Gasteiger partial charge on any atom is -0.366 e. The molecule has 0 atom stereocenters. The van der Waals surface area contributed by atoms with E-state index in [1.165, 1.54) is 16.7 Å². The first-order chi connectivity index (χ1) is 14.7. The number of fused-ring (bicyclic) bond motifs is 3. The van der Waals surface area contributed by atoms with Gasteiger partial charge in [-0.15, -0.1) is 0 Å². The van der Waals surface area contributed by atoms with Crippen molar-refractivity contribution in [1.82, 2.24) is 10.2 Å². The largest absolute Gasteiger partial charge is 0.366 e. The lowest BCUT2D eigenvalue weighted by atomic mass is 9.93. The molecule has 1 amide bonds. The van der Waals surface area contributed by atoms with Gasteiger partial charge in [0.05, 0.1) is 22.6 Å². The second-order valence-corrected chi connectivity index (χ2v) is 7.44. The third-order valence-corrected chi connectivity index (χ3v) is 5.76. The number of allylic oxidation sites excluding steroid dienone is 4. The van der Waals surface area contributed by atoms with Crippen molar-refractivity contribution in [2.24, 2.45) is 5.73 Å². The minimum atomic E-state index is -0.440. The number of carbonyl (C=O) groups excluding carboxylic acids is 1. The van der Waals surface area contributed by atoms with Crippen LogP contribution < -0.4 is 10.6 Å². The van der Waals surface area contributed by atoms with Gasteiger partial charge in [0, 0.05) is 35.5 Å². The number of hydrogen-bond acceptors (Lipinski definition) is 3. The number of carbonyl (C=O) groups is 1. The molecule has 0 saturated heterocycles. The number of H-pyrrole nitrogens is 1. The molecule has 0 unspecified atom stereocenters. The van der Waals surface area contributed by atoms with Crippen LogP contribution in [0.2, 0.25) is 0 Å². The number of aromatic nitrogens is 2. The van der Waals surface area contributed by atoms with Crippen molar-refractivity contribution in [3.63, 3.8) is 0 Å². The van der Waals surface area contributed by atoms with E-state index in [2.05, 4.69) is 41.4 Å². The van der Waals surface area contributed by atoms with Crippen LogP contribution in [0, 0.1) is 0 Å². The fourth-order valence-corrected chi connectivity index (χ4v) is 4.41. The summed E-state index contributed by atoms with van der Waals surface area (Å²) in [6.45, 7) is 2.10. The van der Waals surface area contributed by atoms with E-state index < -0.39 is 5.91 Å². The topological polar surface area (TPSA) is 75.0 Å². The number of anilines is 1. The van der Waals surface area contributed by atoms with Crippen molar-refractivity contribution in [2.75, 3.05) is 4.90 Å². The lowest BCUT2D eigenvalue weighted by Crippen LogP contribution is -2.19. The minimum absolute atomic E-state index is 0.440. The number of hydrogen-bond donors (Lipinski definition) is 2. The van der Waals surface area contributed by atoms with Crippen LogP contribution in [-0.2, 0) is 12.8 Å². The van der Waals surface area contributed by atoms with Gasteiger partial charge in [-0.3, -0.25) is 9.89 Å². The Balaban J connectivity index is 1.71. The van der Waals surface area contributed by atoms with Crippen molar-refractivity contribution in [3.05, 3.63) is 95.4 Å². The summed E-state index contributed by atoms with van der Waals surface area (Å²) in [5.41, 5.74) is 14.9. The molecule has 2 aliphatic rings. The number of nitrogens with zero attached hydrogens (tertiary/aromatic N) is 2. The van der Waals surface area contributed by atoms with Crippen LogP contribution in [0.25, 0.3) is 22.5 Å². The van der Waals surface area contributed by atoms with Crippen molar-refractivity contribution >= 4 is 11.6 Å². The molecule has 30 heavy (non-hydrogen) atoms. The standard InChI is InChI=1S/C25H22N4O/c1-2-17-19(23-21-15-16-9-5-6-10-18(16)22(21)27-28-23)11-12-20(25(26)30)24(17)29-13-7-3-4-8-14-29/h3-14H,2,15H2,1H3,(H2,26,30)(H,27,28). The Hall–Kier alpha value is -3.86. The zero-order chi connectivity index (χ0) is 20.7.